The largest absolute Gasteiger partial charge is 0.481 e. The molecule has 0 aliphatic heterocycles. The van der Waals surface area contributed by atoms with E-state index < -0.39 is 16.9 Å². The summed E-state index contributed by atoms with van der Waals surface area (Å²) < 4.78 is 0. The molecule has 0 unspecified atom stereocenters. The molecule has 1 heterocycles. The van der Waals surface area contributed by atoms with E-state index in [0.717, 1.165) is 5.82 Å². The quantitative estimate of drug-likeness (QED) is 0.864. The molecule has 0 fully saturated rings. The number of hydrogen-bond donors (Lipinski definition) is 2. The summed E-state index contributed by atoms with van der Waals surface area (Å²) in [5.41, 5.74) is -1.61. The third-order valence-electron chi connectivity index (χ3n) is 3.99. The minimum absolute atomic E-state index is 0.341. The molecule has 6 nitrogen and oxygen atoms in total. The number of aromatic nitrogens is 1. The zero-order valence-corrected chi connectivity index (χ0v) is 13.4. The predicted octanol–water partition coefficient (Wildman–Crippen LogP) is 1.77. The van der Waals surface area contributed by atoms with E-state index in [2.05, 4.69) is 10.3 Å². The standard InChI is InChI=1S/C15H23N3O3/c1-14(2,13(20)21)15(3,4)17-12(19)10-7-8-11(16-9-10)18(5)6/h7-9H,1-6H3,(H,17,19)(H,20,21). The van der Waals surface area contributed by atoms with Crippen molar-refractivity contribution >= 4 is 17.7 Å². The Bertz CT molecular complexity index is 534. The molecule has 0 spiro atoms. The number of nitrogens with zero attached hydrogens (tertiary/aromatic N) is 2. The Morgan fingerprint density at radius 1 is 1.19 bits per heavy atom. The van der Waals surface area contributed by atoms with E-state index in [1.165, 1.54) is 6.20 Å². The summed E-state index contributed by atoms with van der Waals surface area (Å²) in [7, 11) is 3.72. The second-order valence-corrected chi connectivity index (χ2v) is 6.31. The minimum Gasteiger partial charge on any atom is -0.481 e. The average molecular weight is 293 g/mol. The highest BCUT2D eigenvalue weighted by molar-refractivity contribution is 5.95. The lowest BCUT2D eigenvalue weighted by atomic mass is 9.74. The van der Waals surface area contributed by atoms with Crippen LogP contribution in [0.1, 0.15) is 38.1 Å². The molecule has 0 atom stereocenters. The number of nitrogens with one attached hydrogen (secondary N) is 1. The molecule has 116 valence electrons. The van der Waals surface area contributed by atoms with E-state index in [4.69, 9.17) is 0 Å². The van der Waals surface area contributed by atoms with Gasteiger partial charge in [0.15, 0.2) is 0 Å². The molecule has 0 saturated carbocycles. The van der Waals surface area contributed by atoms with Gasteiger partial charge < -0.3 is 15.3 Å². The monoisotopic (exact) mass is 293 g/mol. The van der Waals surface area contributed by atoms with Gasteiger partial charge in [0.05, 0.1) is 16.5 Å². The minimum atomic E-state index is -1.10. The van der Waals surface area contributed by atoms with Gasteiger partial charge in [-0.2, -0.15) is 0 Å². The van der Waals surface area contributed by atoms with Crippen molar-refractivity contribution < 1.29 is 14.7 Å². The predicted molar refractivity (Wildman–Crippen MR) is 81.5 cm³/mol. The van der Waals surface area contributed by atoms with Crippen LogP contribution in [-0.4, -0.2) is 41.6 Å². The van der Waals surface area contributed by atoms with Crippen molar-refractivity contribution in [3.05, 3.63) is 23.9 Å². The van der Waals surface area contributed by atoms with Gasteiger partial charge >= 0.3 is 5.97 Å². The lowest BCUT2D eigenvalue weighted by Crippen LogP contribution is -2.56. The highest BCUT2D eigenvalue weighted by Gasteiger charge is 2.44. The molecule has 1 rings (SSSR count). The number of carbonyl (C=O) groups is 2. The Morgan fingerprint density at radius 2 is 1.76 bits per heavy atom. The first-order valence-electron chi connectivity index (χ1n) is 6.68. The molecule has 0 aromatic carbocycles. The fourth-order valence-corrected chi connectivity index (χ4v) is 1.56. The first-order valence-corrected chi connectivity index (χ1v) is 6.68. The zero-order valence-electron chi connectivity index (χ0n) is 13.4. The van der Waals surface area contributed by atoms with Gasteiger partial charge in [-0.15, -0.1) is 0 Å². The number of rotatable bonds is 5. The number of hydrogen-bond acceptors (Lipinski definition) is 4. The fraction of sp³-hybridized carbons (Fsp3) is 0.533. The van der Waals surface area contributed by atoms with Crippen molar-refractivity contribution in [2.45, 2.75) is 33.2 Å². The molecule has 0 radical (unpaired) electrons. The molecule has 0 aliphatic rings. The Hall–Kier alpha value is -2.11. The lowest BCUT2D eigenvalue weighted by molar-refractivity contribution is -0.150. The van der Waals surface area contributed by atoms with Gasteiger partial charge in [-0.3, -0.25) is 9.59 Å². The summed E-state index contributed by atoms with van der Waals surface area (Å²) >= 11 is 0. The van der Waals surface area contributed by atoms with E-state index >= 15 is 0 Å². The maximum absolute atomic E-state index is 12.3. The zero-order chi connectivity index (χ0) is 16.4. The smallest absolute Gasteiger partial charge is 0.311 e. The van der Waals surface area contributed by atoms with Crippen molar-refractivity contribution in [2.75, 3.05) is 19.0 Å². The van der Waals surface area contributed by atoms with Gasteiger partial charge in [0.1, 0.15) is 5.82 Å². The molecule has 21 heavy (non-hydrogen) atoms. The van der Waals surface area contributed by atoms with Crippen LogP contribution >= 0.6 is 0 Å². The molecule has 2 N–H and O–H groups in total. The number of carboxylic acids is 1. The van der Waals surface area contributed by atoms with Gasteiger partial charge in [0.25, 0.3) is 5.91 Å². The van der Waals surface area contributed by atoms with Crippen molar-refractivity contribution in [1.82, 2.24) is 10.3 Å². The van der Waals surface area contributed by atoms with Crippen LogP contribution in [0.5, 0.6) is 0 Å². The van der Waals surface area contributed by atoms with Gasteiger partial charge in [-0.1, -0.05) is 0 Å². The van der Waals surface area contributed by atoms with Gasteiger partial charge in [-0.25, -0.2) is 4.98 Å². The summed E-state index contributed by atoms with van der Waals surface area (Å²) in [5.74, 6) is -0.558. The number of carboxylic acid groups (broad SMARTS) is 1. The molecule has 0 bridgehead atoms. The second-order valence-electron chi connectivity index (χ2n) is 6.31. The number of anilines is 1. The summed E-state index contributed by atoms with van der Waals surface area (Å²) in [6.45, 7) is 6.56. The summed E-state index contributed by atoms with van der Waals surface area (Å²) in [6.07, 6.45) is 1.48. The molecular formula is C15H23N3O3. The van der Waals surface area contributed by atoms with Crippen LogP contribution in [0.3, 0.4) is 0 Å². The van der Waals surface area contributed by atoms with E-state index in [9.17, 15) is 14.7 Å². The highest BCUT2D eigenvalue weighted by Crippen LogP contribution is 2.31. The van der Waals surface area contributed by atoms with Crippen molar-refractivity contribution in [3.8, 4) is 0 Å². The van der Waals surface area contributed by atoms with Crippen molar-refractivity contribution in [2.24, 2.45) is 5.41 Å². The Labute approximate surface area is 125 Å². The molecule has 1 aromatic rings. The maximum Gasteiger partial charge on any atom is 0.311 e. The fourth-order valence-electron chi connectivity index (χ4n) is 1.56. The van der Waals surface area contributed by atoms with E-state index in [1.807, 2.05) is 19.0 Å². The van der Waals surface area contributed by atoms with E-state index in [1.54, 1.807) is 39.8 Å². The van der Waals surface area contributed by atoms with Crippen LogP contribution in [-0.2, 0) is 4.79 Å². The van der Waals surface area contributed by atoms with Crippen molar-refractivity contribution in [1.29, 1.82) is 0 Å². The van der Waals surface area contributed by atoms with Gasteiger partial charge in [0.2, 0.25) is 0 Å². The molecule has 0 saturated heterocycles. The Morgan fingerprint density at radius 3 is 2.14 bits per heavy atom. The summed E-state index contributed by atoms with van der Waals surface area (Å²) in [4.78, 5) is 29.6. The van der Waals surface area contributed by atoms with Crippen LogP contribution < -0.4 is 10.2 Å². The third-order valence-corrected chi connectivity index (χ3v) is 3.99. The van der Waals surface area contributed by atoms with Gasteiger partial charge in [-0.05, 0) is 39.8 Å². The Kier molecular flexibility index (Phi) is 4.61. The maximum atomic E-state index is 12.3. The van der Waals surface area contributed by atoms with Crippen LogP contribution in [0.15, 0.2) is 18.3 Å². The molecule has 1 amide bonds. The first kappa shape index (κ1) is 16.9. The summed E-state index contributed by atoms with van der Waals surface area (Å²) in [5, 5.41) is 12.1. The van der Waals surface area contributed by atoms with Crippen LogP contribution in [0.4, 0.5) is 5.82 Å². The SMILES string of the molecule is CN(C)c1ccc(C(=O)NC(C)(C)C(C)(C)C(=O)O)cn1. The highest BCUT2D eigenvalue weighted by atomic mass is 16.4. The van der Waals surface area contributed by atoms with E-state index in [0.29, 0.717) is 5.56 Å². The molecule has 1 aromatic heterocycles. The lowest BCUT2D eigenvalue weighted by Gasteiger charge is -2.38. The normalized spacial score (nSPS) is 11.9. The topological polar surface area (TPSA) is 82.5 Å². The number of aliphatic carboxylic acids is 1. The van der Waals surface area contributed by atoms with Gasteiger partial charge in [0, 0.05) is 20.3 Å². The third kappa shape index (κ3) is 3.51. The van der Waals surface area contributed by atoms with E-state index in [-0.39, 0.29) is 5.91 Å². The first-order chi connectivity index (χ1) is 9.49. The Balaban J connectivity index is 2.92. The number of pyridine rings is 1. The number of carbonyl (C=O) groups excluding carboxylic acids is 1. The number of amides is 1. The van der Waals surface area contributed by atoms with Crippen LogP contribution in [0.25, 0.3) is 0 Å². The van der Waals surface area contributed by atoms with Crippen LogP contribution in [0.2, 0.25) is 0 Å². The van der Waals surface area contributed by atoms with Crippen LogP contribution in [0, 0.1) is 5.41 Å². The molecule has 0 aliphatic carbocycles. The summed E-state index contributed by atoms with van der Waals surface area (Å²) in [6, 6.07) is 3.41. The average Bonchev–Trinajstić information content (AvgIpc) is 2.37. The molecule has 6 heteroatoms. The second kappa shape index (κ2) is 5.71. The van der Waals surface area contributed by atoms with Crippen molar-refractivity contribution in [3.63, 3.8) is 0 Å². The molecular weight excluding hydrogens is 270 g/mol.